The predicted molar refractivity (Wildman–Crippen MR) is 160 cm³/mol. The zero-order chi connectivity index (χ0) is 30.0. The van der Waals surface area contributed by atoms with Crippen LogP contribution in [0.4, 0.5) is 10.5 Å². The van der Waals surface area contributed by atoms with Crippen molar-refractivity contribution in [2.75, 3.05) is 18.0 Å². The van der Waals surface area contributed by atoms with Gasteiger partial charge < -0.3 is 19.6 Å². The molecule has 2 atom stereocenters. The number of hydrogen-bond donors (Lipinski definition) is 1. The molecule has 0 unspecified atom stereocenters. The van der Waals surface area contributed by atoms with Gasteiger partial charge in [-0.15, -0.1) is 0 Å². The Labute approximate surface area is 248 Å². The van der Waals surface area contributed by atoms with Crippen molar-refractivity contribution in [1.82, 2.24) is 9.80 Å². The van der Waals surface area contributed by atoms with Crippen molar-refractivity contribution >= 4 is 23.6 Å². The third kappa shape index (κ3) is 5.19. The third-order valence-corrected chi connectivity index (χ3v) is 9.53. The molecule has 4 heterocycles. The van der Waals surface area contributed by atoms with Gasteiger partial charge in [-0.25, -0.2) is 4.79 Å². The average Bonchev–Trinajstić information content (AvgIpc) is 2.94. The van der Waals surface area contributed by atoms with E-state index in [0.717, 1.165) is 48.1 Å². The number of fused-ring (bicyclic) bond motifs is 5. The van der Waals surface area contributed by atoms with Crippen LogP contribution in [0.25, 0.3) is 0 Å². The lowest BCUT2D eigenvalue weighted by Crippen LogP contribution is -2.57. The van der Waals surface area contributed by atoms with Crippen molar-refractivity contribution in [3.63, 3.8) is 0 Å². The number of anilines is 1. The quantitative estimate of drug-likeness (QED) is 0.553. The fourth-order valence-electron chi connectivity index (χ4n) is 7.43. The molecule has 4 aliphatic heterocycles. The maximum atomic E-state index is 13.8. The molecule has 8 heteroatoms. The number of carbonyl (C=O) groups is 3. The molecule has 2 aromatic carbocycles. The second-order valence-corrected chi connectivity index (χ2v) is 14.2. The zero-order valence-corrected chi connectivity index (χ0v) is 25.4. The Balaban J connectivity index is 1.24. The molecule has 224 valence electrons. The van der Waals surface area contributed by atoms with Crippen LogP contribution in [-0.2, 0) is 27.9 Å². The standard InChI is InChI=1S/C34H43N3O5/c1-33(2,3)42-32(41)36-18-23-9-7-6-8-22(23)16-28(36)29(38)19-35-20-34(4,5)27-17-25(14-15-26(27)31(35)40)37-24-12-10-21(11-13-24)30(37)39/h6-9,14-15,17,21,24,28-29,38H,10-13,16,18-20H2,1-5H3/t21?,24?,28-,29+/m0/s1. The van der Waals surface area contributed by atoms with Crippen LogP contribution in [0.3, 0.4) is 0 Å². The van der Waals surface area contributed by atoms with Crippen LogP contribution >= 0.6 is 0 Å². The Morgan fingerprint density at radius 3 is 2.40 bits per heavy atom. The van der Waals surface area contributed by atoms with Gasteiger partial charge in [-0.3, -0.25) is 14.5 Å². The fourth-order valence-corrected chi connectivity index (χ4v) is 7.43. The molecule has 0 radical (unpaired) electrons. The zero-order valence-electron chi connectivity index (χ0n) is 25.4. The Morgan fingerprint density at radius 2 is 1.74 bits per heavy atom. The number of aliphatic hydroxyl groups is 1. The highest BCUT2D eigenvalue weighted by atomic mass is 16.6. The molecule has 0 aromatic heterocycles. The van der Waals surface area contributed by atoms with E-state index < -0.39 is 23.8 Å². The molecule has 3 fully saturated rings. The number of hydrogen-bond acceptors (Lipinski definition) is 5. The second kappa shape index (κ2) is 10.4. The maximum Gasteiger partial charge on any atom is 0.410 e. The number of β-amino-alcohol motifs (C(OH)–C–C–N with tert-alkyl or cyclic N) is 1. The summed E-state index contributed by atoms with van der Waals surface area (Å²) in [6.07, 6.45) is 3.07. The topological polar surface area (TPSA) is 90.4 Å². The molecule has 2 aromatic rings. The number of piperidine rings is 2. The van der Waals surface area contributed by atoms with Gasteiger partial charge in [0, 0.05) is 48.3 Å². The van der Waals surface area contributed by atoms with Crippen LogP contribution < -0.4 is 4.90 Å². The summed E-state index contributed by atoms with van der Waals surface area (Å²) in [6.45, 7) is 10.6. The van der Waals surface area contributed by atoms with Gasteiger partial charge in [-0.05, 0) is 87.8 Å². The van der Waals surface area contributed by atoms with Gasteiger partial charge >= 0.3 is 6.09 Å². The highest BCUT2D eigenvalue weighted by molar-refractivity contribution is 6.00. The normalized spacial score (nSPS) is 25.7. The van der Waals surface area contributed by atoms with E-state index >= 15 is 0 Å². The summed E-state index contributed by atoms with van der Waals surface area (Å²) in [5, 5.41) is 11.6. The van der Waals surface area contributed by atoms with Crippen LogP contribution in [0.2, 0.25) is 0 Å². The molecule has 1 aliphatic carbocycles. The van der Waals surface area contributed by atoms with E-state index in [2.05, 4.69) is 13.8 Å². The molecule has 0 spiro atoms. The highest BCUT2D eigenvalue weighted by Gasteiger charge is 2.44. The first-order valence-corrected chi connectivity index (χ1v) is 15.3. The minimum absolute atomic E-state index is 0.101. The molecule has 2 saturated heterocycles. The van der Waals surface area contributed by atoms with Crippen molar-refractivity contribution < 1.29 is 24.2 Å². The van der Waals surface area contributed by atoms with Crippen LogP contribution in [0.5, 0.6) is 0 Å². The monoisotopic (exact) mass is 573 g/mol. The molecular weight excluding hydrogens is 530 g/mol. The van der Waals surface area contributed by atoms with Crippen molar-refractivity contribution in [1.29, 1.82) is 0 Å². The van der Waals surface area contributed by atoms with Crippen molar-refractivity contribution in [2.45, 2.75) is 102 Å². The summed E-state index contributed by atoms with van der Waals surface area (Å²) in [5.74, 6) is 0.192. The number of rotatable bonds is 4. The average molecular weight is 574 g/mol. The molecule has 42 heavy (non-hydrogen) atoms. The molecule has 5 aliphatic rings. The summed E-state index contributed by atoms with van der Waals surface area (Å²) in [4.78, 5) is 45.5. The number of nitrogens with zero attached hydrogens (tertiary/aromatic N) is 3. The van der Waals surface area contributed by atoms with Gasteiger partial charge in [0.25, 0.3) is 5.91 Å². The fraction of sp³-hybridized carbons (Fsp3) is 0.559. The van der Waals surface area contributed by atoms with E-state index in [9.17, 15) is 19.5 Å². The van der Waals surface area contributed by atoms with Crippen LogP contribution in [-0.4, -0.2) is 69.7 Å². The second-order valence-electron chi connectivity index (χ2n) is 14.2. The Hall–Kier alpha value is -3.39. The summed E-state index contributed by atoms with van der Waals surface area (Å²) in [7, 11) is 0. The number of aliphatic hydroxyl groups excluding tert-OH is 1. The summed E-state index contributed by atoms with van der Waals surface area (Å²) >= 11 is 0. The lowest BCUT2D eigenvalue weighted by atomic mass is 9.76. The maximum absolute atomic E-state index is 13.8. The number of ether oxygens (including phenoxy) is 1. The van der Waals surface area contributed by atoms with Gasteiger partial charge in [0.05, 0.1) is 12.1 Å². The van der Waals surface area contributed by atoms with Gasteiger partial charge in [-0.1, -0.05) is 38.1 Å². The minimum Gasteiger partial charge on any atom is -0.444 e. The van der Waals surface area contributed by atoms with Crippen LogP contribution in [0.1, 0.15) is 87.4 Å². The Bertz CT molecular complexity index is 1400. The summed E-state index contributed by atoms with van der Waals surface area (Å²) in [6, 6.07) is 13.5. The largest absolute Gasteiger partial charge is 0.444 e. The SMILES string of the molecule is CC(C)(C)OC(=O)N1Cc2ccccc2C[C@H]1[C@H](O)CN1CC(C)(C)c2cc(N3C(=O)C4CCC3CC4)ccc2C1=O. The van der Waals surface area contributed by atoms with E-state index in [1.807, 2.05) is 68.1 Å². The van der Waals surface area contributed by atoms with E-state index in [1.54, 1.807) is 9.80 Å². The Morgan fingerprint density at radius 1 is 1.05 bits per heavy atom. The van der Waals surface area contributed by atoms with E-state index in [-0.39, 0.29) is 35.7 Å². The number of amides is 3. The predicted octanol–water partition coefficient (Wildman–Crippen LogP) is 5.05. The van der Waals surface area contributed by atoms with Crippen molar-refractivity contribution in [3.05, 3.63) is 64.7 Å². The molecule has 8 nitrogen and oxygen atoms in total. The smallest absolute Gasteiger partial charge is 0.410 e. The van der Waals surface area contributed by atoms with Gasteiger partial charge in [0.1, 0.15) is 5.60 Å². The van der Waals surface area contributed by atoms with Crippen molar-refractivity contribution in [2.24, 2.45) is 5.92 Å². The third-order valence-electron chi connectivity index (χ3n) is 9.53. The first-order chi connectivity index (χ1) is 19.8. The van der Waals surface area contributed by atoms with Gasteiger partial charge in [0.15, 0.2) is 0 Å². The van der Waals surface area contributed by atoms with E-state index in [1.165, 1.54) is 0 Å². The minimum atomic E-state index is -0.965. The van der Waals surface area contributed by atoms with Gasteiger partial charge in [0.2, 0.25) is 5.91 Å². The number of carbonyl (C=O) groups excluding carboxylic acids is 3. The lowest BCUT2D eigenvalue weighted by Gasteiger charge is -2.46. The molecule has 3 amide bonds. The van der Waals surface area contributed by atoms with Crippen LogP contribution in [0.15, 0.2) is 42.5 Å². The van der Waals surface area contributed by atoms with Crippen LogP contribution in [0, 0.1) is 5.92 Å². The molecule has 7 rings (SSSR count). The van der Waals surface area contributed by atoms with E-state index in [0.29, 0.717) is 25.1 Å². The lowest BCUT2D eigenvalue weighted by molar-refractivity contribution is -0.126. The summed E-state index contributed by atoms with van der Waals surface area (Å²) in [5.41, 5.74) is 3.49. The molecule has 1 saturated carbocycles. The highest BCUT2D eigenvalue weighted by Crippen LogP contribution is 2.42. The van der Waals surface area contributed by atoms with Gasteiger partial charge in [-0.2, -0.15) is 0 Å². The Kier molecular flexibility index (Phi) is 7.11. The van der Waals surface area contributed by atoms with Crippen molar-refractivity contribution in [3.8, 4) is 0 Å². The molecule has 1 N–H and O–H groups in total. The number of benzene rings is 2. The molecule has 2 bridgehead atoms. The first-order valence-electron chi connectivity index (χ1n) is 15.3. The summed E-state index contributed by atoms with van der Waals surface area (Å²) < 4.78 is 5.72. The van der Waals surface area contributed by atoms with E-state index in [4.69, 9.17) is 4.74 Å². The molecular formula is C34H43N3O5. The first kappa shape index (κ1) is 28.7.